The van der Waals surface area contributed by atoms with Crippen LogP contribution in [0, 0.1) is 5.82 Å². The summed E-state index contributed by atoms with van der Waals surface area (Å²) in [5, 5.41) is 2.87. The SMILES string of the molecule is CS(=O)(=O)N1C2CCC1CC(NC(=O)COc1ccccc1F)C2. The van der Waals surface area contributed by atoms with Gasteiger partial charge in [0.25, 0.3) is 5.91 Å². The molecule has 1 aromatic carbocycles. The van der Waals surface area contributed by atoms with Crippen LogP contribution >= 0.6 is 0 Å². The first-order valence-electron chi connectivity index (χ1n) is 8.00. The van der Waals surface area contributed by atoms with Crippen LogP contribution in [-0.4, -0.2) is 49.6 Å². The molecule has 8 heteroatoms. The first-order valence-corrected chi connectivity index (χ1v) is 9.84. The Bertz CT molecular complexity index is 711. The molecule has 24 heavy (non-hydrogen) atoms. The fourth-order valence-corrected chi connectivity index (χ4v) is 5.23. The molecule has 0 aliphatic carbocycles. The van der Waals surface area contributed by atoms with E-state index in [1.54, 1.807) is 16.4 Å². The summed E-state index contributed by atoms with van der Waals surface area (Å²) < 4.78 is 43.9. The molecule has 2 aliphatic heterocycles. The Labute approximate surface area is 141 Å². The van der Waals surface area contributed by atoms with Crippen molar-refractivity contribution in [3.63, 3.8) is 0 Å². The lowest BCUT2D eigenvalue weighted by Gasteiger charge is -2.37. The van der Waals surface area contributed by atoms with Crippen LogP contribution in [0.3, 0.4) is 0 Å². The highest BCUT2D eigenvalue weighted by Crippen LogP contribution is 2.37. The highest BCUT2D eigenvalue weighted by Gasteiger charge is 2.45. The summed E-state index contributed by atoms with van der Waals surface area (Å²) in [7, 11) is -3.21. The van der Waals surface area contributed by atoms with E-state index in [9.17, 15) is 17.6 Å². The van der Waals surface area contributed by atoms with Gasteiger partial charge in [0.05, 0.1) is 6.26 Å². The number of piperidine rings is 1. The number of benzene rings is 1. The molecule has 2 aliphatic rings. The Morgan fingerprint density at radius 1 is 1.29 bits per heavy atom. The Balaban J connectivity index is 1.53. The summed E-state index contributed by atoms with van der Waals surface area (Å²) in [5.74, 6) is -0.792. The number of rotatable bonds is 5. The molecule has 6 nitrogen and oxygen atoms in total. The van der Waals surface area contributed by atoms with Gasteiger partial charge in [-0.3, -0.25) is 4.79 Å². The van der Waals surface area contributed by atoms with Crippen molar-refractivity contribution < 1.29 is 22.3 Å². The van der Waals surface area contributed by atoms with Gasteiger partial charge >= 0.3 is 0 Å². The number of hydrogen-bond acceptors (Lipinski definition) is 4. The van der Waals surface area contributed by atoms with Crippen molar-refractivity contribution in [2.45, 2.75) is 43.8 Å². The van der Waals surface area contributed by atoms with Crippen LogP contribution in [-0.2, 0) is 14.8 Å². The molecular formula is C16H21FN2O4S. The van der Waals surface area contributed by atoms with Crippen molar-refractivity contribution in [3.8, 4) is 5.75 Å². The number of nitrogens with one attached hydrogen (secondary N) is 1. The van der Waals surface area contributed by atoms with E-state index in [1.165, 1.54) is 18.4 Å². The van der Waals surface area contributed by atoms with Crippen molar-refractivity contribution in [2.75, 3.05) is 12.9 Å². The summed E-state index contributed by atoms with van der Waals surface area (Å²) in [6.45, 7) is -0.261. The number of hydrogen-bond donors (Lipinski definition) is 1. The zero-order valence-corrected chi connectivity index (χ0v) is 14.3. The molecule has 1 aromatic rings. The van der Waals surface area contributed by atoms with Crippen LogP contribution < -0.4 is 10.1 Å². The summed E-state index contributed by atoms with van der Waals surface area (Å²) in [6, 6.07) is 5.76. The van der Waals surface area contributed by atoms with Crippen molar-refractivity contribution in [1.29, 1.82) is 0 Å². The quantitative estimate of drug-likeness (QED) is 0.862. The van der Waals surface area contributed by atoms with E-state index in [4.69, 9.17) is 4.74 Å². The number of fused-ring (bicyclic) bond motifs is 2. The number of carbonyl (C=O) groups excluding carboxylic acids is 1. The third-order valence-corrected chi connectivity index (χ3v) is 5.97. The first-order chi connectivity index (χ1) is 11.3. The van der Waals surface area contributed by atoms with Gasteiger partial charge in [0, 0.05) is 18.1 Å². The maximum absolute atomic E-state index is 13.4. The minimum Gasteiger partial charge on any atom is -0.481 e. The Hall–Kier alpha value is -1.67. The smallest absolute Gasteiger partial charge is 0.258 e. The number of halogens is 1. The molecule has 0 saturated carbocycles. The van der Waals surface area contributed by atoms with Gasteiger partial charge in [-0.05, 0) is 37.8 Å². The minimum atomic E-state index is -3.21. The zero-order valence-electron chi connectivity index (χ0n) is 13.4. The Kier molecular flexibility index (Phi) is 4.78. The average Bonchev–Trinajstić information content (AvgIpc) is 2.79. The molecule has 1 amide bonds. The lowest BCUT2D eigenvalue weighted by Crippen LogP contribution is -2.52. The lowest BCUT2D eigenvalue weighted by molar-refractivity contribution is -0.124. The standard InChI is InChI=1S/C16H21FN2O4S/c1-24(21,22)19-12-6-7-13(19)9-11(8-12)18-16(20)10-23-15-5-3-2-4-14(15)17/h2-5,11-13H,6-10H2,1H3,(H,18,20). The van der Waals surface area contributed by atoms with E-state index in [-0.39, 0.29) is 36.4 Å². The van der Waals surface area contributed by atoms with E-state index >= 15 is 0 Å². The molecular weight excluding hydrogens is 335 g/mol. The number of sulfonamides is 1. The molecule has 2 heterocycles. The van der Waals surface area contributed by atoms with Gasteiger partial charge in [-0.1, -0.05) is 12.1 Å². The number of ether oxygens (including phenoxy) is 1. The molecule has 2 saturated heterocycles. The molecule has 2 fully saturated rings. The van der Waals surface area contributed by atoms with Crippen LogP contribution in [0.15, 0.2) is 24.3 Å². The van der Waals surface area contributed by atoms with E-state index in [0.29, 0.717) is 12.8 Å². The topological polar surface area (TPSA) is 75.7 Å². The summed E-state index contributed by atoms with van der Waals surface area (Å²) in [6.07, 6.45) is 4.11. The third-order valence-electron chi connectivity index (χ3n) is 4.61. The van der Waals surface area contributed by atoms with E-state index in [0.717, 1.165) is 12.8 Å². The molecule has 3 rings (SSSR count). The largest absolute Gasteiger partial charge is 0.481 e. The van der Waals surface area contributed by atoms with Crippen LogP contribution in [0.2, 0.25) is 0 Å². The first kappa shape index (κ1) is 17.2. The summed E-state index contributed by atoms with van der Waals surface area (Å²) in [5.41, 5.74) is 0. The maximum atomic E-state index is 13.4. The van der Waals surface area contributed by atoms with Gasteiger partial charge in [0.15, 0.2) is 18.2 Å². The molecule has 132 valence electrons. The van der Waals surface area contributed by atoms with E-state index < -0.39 is 15.8 Å². The van der Waals surface area contributed by atoms with Crippen LogP contribution in [0.4, 0.5) is 4.39 Å². The number of para-hydroxylation sites is 1. The zero-order chi connectivity index (χ0) is 17.3. The lowest BCUT2D eigenvalue weighted by atomic mass is 10.00. The second kappa shape index (κ2) is 6.68. The van der Waals surface area contributed by atoms with Crippen molar-refractivity contribution in [3.05, 3.63) is 30.1 Å². The van der Waals surface area contributed by atoms with E-state index in [1.807, 2.05) is 0 Å². The highest BCUT2D eigenvalue weighted by atomic mass is 32.2. The van der Waals surface area contributed by atoms with Gasteiger partial charge in [-0.25, -0.2) is 12.8 Å². The minimum absolute atomic E-state index is 0.0413. The number of carbonyl (C=O) groups is 1. The molecule has 2 unspecified atom stereocenters. The molecule has 1 N–H and O–H groups in total. The Morgan fingerprint density at radius 2 is 1.92 bits per heavy atom. The fourth-order valence-electron chi connectivity index (χ4n) is 3.77. The number of nitrogens with zero attached hydrogens (tertiary/aromatic N) is 1. The number of amides is 1. The molecule has 0 radical (unpaired) electrons. The highest BCUT2D eigenvalue weighted by molar-refractivity contribution is 7.88. The fraction of sp³-hybridized carbons (Fsp3) is 0.562. The third kappa shape index (κ3) is 3.70. The molecule has 2 atom stereocenters. The normalized spacial score (nSPS) is 27.0. The van der Waals surface area contributed by atoms with Crippen LogP contribution in [0.5, 0.6) is 5.75 Å². The molecule has 0 spiro atoms. The summed E-state index contributed by atoms with van der Waals surface area (Å²) in [4.78, 5) is 12.0. The molecule has 0 aromatic heterocycles. The maximum Gasteiger partial charge on any atom is 0.258 e. The Morgan fingerprint density at radius 3 is 2.50 bits per heavy atom. The average molecular weight is 356 g/mol. The van der Waals surface area contributed by atoms with Gasteiger partial charge < -0.3 is 10.1 Å². The second-order valence-electron chi connectivity index (χ2n) is 6.43. The van der Waals surface area contributed by atoms with Crippen molar-refractivity contribution >= 4 is 15.9 Å². The van der Waals surface area contributed by atoms with E-state index in [2.05, 4.69) is 5.32 Å². The van der Waals surface area contributed by atoms with Crippen LogP contribution in [0.1, 0.15) is 25.7 Å². The van der Waals surface area contributed by atoms with Gasteiger partial charge in [-0.2, -0.15) is 4.31 Å². The van der Waals surface area contributed by atoms with Crippen molar-refractivity contribution in [2.24, 2.45) is 0 Å². The summed E-state index contributed by atoms with van der Waals surface area (Å²) >= 11 is 0. The van der Waals surface area contributed by atoms with Crippen molar-refractivity contribution in [1.82, 2.24) is 9.62 Å². The van der Waals surface area contributed by atoms with Gasteiger partial charge in [-0.15, -0.1) is 0 Å². The molecule has 2 bridgehead atoms. The van der Waals surface area contributed by atoms with Crippen LogP contribution in [0.25, 0.3) is 0 Å². The predicted molar refractivity (Wildman–Crippen MR) is 86.6 cm³/mol. The monoisotopic (exact) mass is 356 g/mol. The van der Waals surface area contributed by atoms with Gasteiger partial charge in [0.2, 0.25) is 10.0 Å². The predicted octanol–water partition coefficient (Wildman–Crippen LogP) is 1.28. The second-order valence-corrected chi connectivity index (χ2v) is 8.32. The van der Waals surface area contributed by atoms with Gasteiger partial charge in [0.1, 0.15) is 0 Å².